The lowest BCUT2D eigenvalue weighted by molar-refractivity contribution is -0.118. The molecular formula is C23H36O4S. The van der Waals surface area contributed by atoms with Gasteiger partial charge >= 0.3 is 0 Å². The van der Waals surface area contributed by atoms with E-state index in [4.69, 9.17) is 4.74 Å². The third-order valence-electron chi connectivity index (χ3n) is 6.11. The second kappa shape index (κ2) is 10.4. The van der Waals surface area contributed by atoms with Crippen LogP contribution in [0, 0.1) is 11.8 Å². The monoisotopic (exact) mass is 408 g/mol. The van der Waals surface area contributed by atoms with Crippen molar-refractivity contribution in [3.8, 4) is 5.75 Å². The highest BCUT2D eigenvalue weighted by molar-refractivity contribution is 7.91. The van der Waals surface area contributed by atoms with E-state index in [0.29, 0.717) is 37.2 Å². The van der Waals surface area contributed by atoms with Crippen molar-refractivity contribution < 1.29 is 17.9 Å². The summed E-state index contributed by atoms with van der Waals surface area (Å²) in [6.45, 7) is 7.97. The first-order valence-corrected chi connectivity index (χ1v) is 12.4. The van der Waals surface area contributed by atoms with E-state index < -0.39 is 9.84 Å². The molecule has 1 aromatic carbocycles. The van der Waals surface area contributed by atoms with Crippen molar-refractivity contribution >= 4 is 15.6 Å². The number of hydrogen-bond acceptors (Lipinski definition) is 4. The first-order valence-electron chi connectivity index (χ1n) is 10.7. The van der Waals surface area contributed by atoms with Crippen molar-refractivity contribution in [3.05, 3.63) is 29.8 Å². The molecule has 0 aromatic heterocycles. The number of hydrogen-bond donors (Lipinski definition) is 0. The third kappa shape index (κ3) is 6.91. The molecule has 0 N–H and O–H groups in total. The Labute approximate surface area is 171 Å². The summed E-state index contributed by atoms with van der Waals surface area (Å²) < 4.78 is 29.6. The molecule has 1 saturated carbocycles. The van der Waals surface area contributed by atoms with Crippen LogP contribution in [0.15, 0.2) is 24.3 Å². The number of benzene rings is 1. The van der Waals surface area contributed by atoms with Crippen molar-refractivity contribution in [2.45, 2.75) is 84.0 Å². The van der Waals surface area contributed by atoms with Crippen LogP contribution in [0.5, 0.6) is 5.75 Å². The van der Waals surface area contributed by atoms with Gasteiger partial charge in [0.2, 0.25) is 0 Å². The number of sulfone groups is 1. The Balaban J connectivity index is 1.68. The second-order valence-corrected chi connectivity index (χ2v) is 11.3. The summed E-state index contributed by atoms with van der Waals surface area (Å²) in [5.41, 5.74) is 1.01. The summed E-state index contributed by atoms with van der Waals surface area (Å²) in [6, 6.07) is 7.89. The van der Waals surface area contributed by atoms with Crippen molar-refractivity contribution in [1.82, 2.24) is 0 Å². The van der Waals surface area contributed by atoms with Crippen LogP contribution < -0.4 is 4.74 Å². The van der Waals surface area contributed by atoms with Gasteiger partial charge in [-0.15, -0.1) is 0 Å². The average molecular weight is 409 g/mol. The Hall–Kier alpha value is -1.36. The van der Waals surface area contributed by atoms with Crippen molar-refractivity contribution in [2.24, 2.45) is 11.8 Å². The molecule has 0 bridgehead atoms. The lowest BCUT2D eigenvalue weighted by Crippen LogP contribution is -2.21. The fourth-order valence-electron chi connectivity index (χ4n) is 3.70. The molecule has 0 spiro atoms. The van der Waals surface area contributed by atoms with E-state index in [0.717, 1.165) is 30.6 Å². The van der Waals surface area contributed by atoms with Gasteiger partial charge < -0.3 is 4.74 Å². The lowest BCUT2D eigenvalue weighted by Gasteiger charge is -2.20. The van der Waals surface area contributed by atoms with Crippen LogP contribution in [0.1, 0.15) is 71.8 Å². The van der Waals surface area contributed by atoms with Crippen molar-refractivity contribution in [3.63, 3.8) is 0 Å². The molecule has 1 fully saturated rings. The largest absolute Gasteiger partial charge is 0.490 e. The van der Waals surface area contributed by atoms with Gasteiger partial charge in [0.05, 0.1) is 11.0 Å². The van der Waals surface area contributed by atoms with Crippen LogP contribution in [0.4, 0.5) is 0 Å². The standard InChI is InChI=1S/C23H36O4S/c1-17(2)28(25,26)15-7-5-6-8-21(24)16-20-10-12-22(13-11-20)27-23-14-9-18(3)19(23)4/h10-13,17-19,23H,5-9,14-16H2,1-4H3. The van der Waals surface area contributed by atoms with Gasteiger partial charge in [-0.2, -0.15) is 0 Å². The van der Waals surface area contributed by atoms with Crippen LogP contribution in [-0.2, 0) is 21.1 Å². The van der Waals surface area contributed by atoms with E-state index in [1.165, 1.54) is 6.42 Å². The molecule has 28 heavy (non-hydrogen) atoms. The van der Waals surface area contributed by atoms with Crippen molar-refractivity contribution in [2.75, 3.05) is 5.75 Å². The Morgan fingerprint density at radius 1 is 1.07 bits per heavy atom. The normalized spacial score (nSPS) is 22.5. The fraction of sp³-hybridized carbons (Fsp3) is 0.696. The number of rotatable bonds is 11. The zero-order valence-corrected chi connectivity index (χ0v) is 18.6. The average Bonchev–Trinajstić information content (AvgIpc) is 2.95. The van der Waals surface area contributed by atoms with Gasteiger partial charge in [0.25, 0.3) is 0 Å². The summed E-state index contributed by atoms with van der Waals surface area (Å²) in [4.78, 5) is 12.2. The number of ether oxygens (including phenoxy) is 1. The van der Waals surface area contributed by atoms with Gasteiger partial charge in [-0.25, -0.2) is 8.42 Å². The first-order chi connectivity index (χ1) is 13.2. The second-order valence-electron chi connectivity index (χ2n) is 8.66. The smallest absolute Gasteiger partial charge is 0.152 e. The molecule has 1 aliphatic rings. The number of ketones is 1. The summed E-state index contributed by atoms with van der Waals surface area (Å²) in [5, 5.41) is -0.318. The summed E-state index contributed by atoms with van der Waals surface area (Å²) in [7, 11) is -2.96. The molecule has 0 saturated heterocycles. The van der Waals surface area contributed by atoms with Crippen LogP contribution in [-0.4, -0.2) is 31.3 Å². The summed E-state index contributed by atoms with van der Waals surface area (Å²) in [5.74, 6) is 2.61. The number of carbonyl (C=O) groups excluding carboxylic acids is 1. The van der Waals surface area contributed by atoms with Gasteiger partial charge in [-0.05, 0) is 69.1 Å². The topological polar surface area (TPSA) is 60.4 Å². The maximum Gasteiger partial charge on any atom is 0.152 e. The van der Waals surface area contributed by atoms with E-state index in [9.17, 15) is 13.2 Å². The van der Waals surface area contributed by atoms with Crippen molar-refractivity contribution in [1.29, 1.82) is 0 Å². The van der Waals surface area contributed by atoms with E-state index in [1.807, 2.05) is 24.3 Å². The molecule has 4 nitrogen and oxygen atoms in total. The number of Topliss-reactive ketones (excluding diaryl/α,β-unsaturated/α-hetero) is 1. The summed E-state index contributed by atoms with van der Waals surface area (Å²) in [6.07, 6.45) is 5.75. The van der Waals surface area contributed by atoms with E-state index in [1.54, 1.807) is 13.8 Å². The Bertz CT molecular complexity index is 721. The highest BCUT2D eigenvalue weighted by Gasteiger charge is 2.31. The Morgan fingerprint density at radius 3 is 2.32 bits per heavy atom. The fourth-order valence-corrected chi connectivity index (χ4v) is 4.78. The predicted molar refractivity (Wildman–Crippen MR) is 115 cm³/mol. The molecule has 0 radical (unpaired) electrons. The molecule has 0 amide bonds. The van der Waals surface area contributed by atoms with Gasteiger partial charge in [0, 0.05) is 12.8 Å². The lowest BCUT2D eigenvalue weighted by atomic mass is 9.99. The number of unbranched alkanes of at least 4 members (excludes halogenated alkanes) is 2. The molecule has 1 aliphatic carbocycles. The highest BCUT2D eigenvalue weighted by Crippen LogP contribution is 2.34. The van der Waals surface area contributed by atoms with E-state index in [-0.39, 0.29) is 16.8 Å². The predicted octanol–water partition coefficient (Wildman–Crippen LogP) is 5.00. The summed E-state index contributed by atoms with van der Waals surface area (Å²) >= 11 is 0. The van der Waals surface area contributed by atoms with Gasteiger partial charge in [0.1, 0.15) is 17.6 Å². The maximum absolute atomic E-state index is 12.2. The molecule has 3 unspecified atom stereocenters. The molecule has 1 aromatic rings. The third-order valence-corrected chi connectivity index (χ3v) is 8.40. The molecule has 0 aliphatic heterocycles. The van der Waals surface area contributed by atoms with Gasteiger partial charge in [-0.1, -0.05) is 32.4 Å². The quantitative estimate of drug-likeness (QED) is 0.484. The highest BCUT2D eigenvalue weighted by atomic mass is 32.2. The Kier molecular flexibility index (Phi) is 8.54. The minimum Gasteiger partial charge on any atom is -0.490 e. The van der Waals surface area contributed by atoms with E-state index in [2.05, 4.69) is 13.8 Å². The molecule has 2 rings (SSSR count). The van der Waals surface area contributed by atoms with Crippen LogP contribution in [0.3, 0.4) is 0 Å². The van der Waals surface area contributed by atoms with Crippen LogP contribution >= 0.6 is 0 Å². The van der Waals surface area contributed by atoms with Gasteiger partial charge in [0.15, 0.2) is 9.84 Å². The zero-order valence-electron chi connectivity index (χ0n) is 17.8. The van der Waals surface area contributed by atoms with Gasteiger partial charge in [-0.3, -0.25) is 4.79 Å². The molecule has 0 heterocycles. The van der Waals surface area contributed by atoms with Crippen LogP contribution in [0.2, 0.25) is 0 Å². The van der Waals surface area contributed by atoms with E-state index >= 15 is 0 Å². The SMILES string of the molecule is CC1CCC(Oc2ccc(CC(=O)CCCCCS(=O)(=O)C(C)C)cc2)C1C. The minimum absolute atomic E-state index is 0.207. The van der Waals surface area contributed by atoms with Crippen LogP contribution in [0.25, 0.3) is 0 Å². The first kappa shape index (κ1) is 22.9. The Morgan fingerprint density at radius 2 is 1.75 bits per heavy atom. The maximum atomic E-state index is 12.2. The number of carbonyl (C=O) groups is 1. The molecule has 158 valence electrons. The minimum atomic E-state index is -2.96. The molecule has 5 heteroatoms. The molecular weight excluding hydrogens is 372 g/mol. The molecule has 3 atom stereocenters. The zero-order chi connectivity index (χ0) is 20.7.